The van der Waals surface area contributed by atoms with Crippen molar-refractivity contribution in [2.75, 3.05) is 26.2 Å². The second-order valence-electron chi connectivity index (χ2n) is 10.6. The molecule has 4 heteroatoms. The summed E-state index contributed by atoms with van der Waals surface area (Å²) >= 11 is 0. The van der Waals surface area contributed by atoms with Gasteiger partial charge in [-0.3, -0.25) is 0 Å². The average Bonchev–Trinajstić information content (AvgIpc) is 3.54. The average molecular weight is 430 g/mol. The van der Waals surface area contributed by atoms with Crippen molar-refractivity contribution < 1.29 is 4.79 Å². The predicted molar refractivity (Wildman–Crippen MR) is 128 cm³/mol. The Morgan fingerprint density at radius 3 is 2.19 bits per heavy atom. The Kier molecular flexibility index (Phi) is 5.21. The summed E-state index contributed by atoms with van der Waals surface area (Å²) in [5.74, 6) is 1.25. The number of rotatable bonds is 5. The number of likely N-dealkylation sites (tertiary alicyclic amines) is 1. The summed E-state index contributed by atoms with van der Waals surface area (Å²) in [6, 6.07) is 18.6. The van der Waals surface area contributed by atoms with Gasteiger partial charge in [0, 0.05) is 43.6 Å². The van der Waals surface area contributed by atoms with E-state index in [1.807, 2.05) is 0 Å². The molecule has 4 nitrogen and oxygen atoms in total. The normalized spacial score (nSPS) is 27.3. The van der Waals surface area contributed by atoms with Crippen LogP contribution in [-0.2, 0) is 5.41 Å². The van der Waals surface area contributed by atoms with Crippen LogP contribution < -0.4 is 10.6 Å². The third-order valence-electron chi connectivity index (χ3n) is 8.70. The number of nitrogens with one attached hydrogen (secondary N) is 2. The van der Waals surface area contributed by atoms with Crippen LogP contribution in [0.4, 0.5) is 4.79 Å². The fourth-order valence-electron chi connectivity index (χ4n) is 7.11. The van der Waals surface area contributed by atoms with E-state index >= 15 is 0 Å². The number of carbonyl (C=O) groups excluding carboxylic acids is 1. The molecule has 1 saturated heterocycles. The number of benzene rings is 2. The van der Waals surface area contributed by atoms with E-state index in [1.54, 1.807) is 22.3 Å². The smallest absolute Gasteiger partial charge is 0.315 e. The lowest BCUT2D eigenvalue weighted by molar-refractivity contribution is 0.169. The summed E-state index contributed by atoms with van der Waals surface area (Å²) in [6.45, 7) is 4.06. The van der Waals surface area contributed by atoms with Crippen molar-refractivity contribution in [2.24, 2.45) is 5.92 Å². The molecule has 2 aromatic carbocycles. The highest BCUT2D eigenvalue weighted by atomic mass is 16.2. The molecule has 32 heavy (non-hydrogen) atoms. The van der Waals surface area contributed by atoms with E-state index in [0.717, 1.165) is 39.0 Å². The van der Waals surface area contributed by atoms with Crippen molar-refractivity contribution >= 4 is 6.03 Å². The van der Waals surface area contributed by atoms with Gasteiger partial charge in [0.15, 0.2) is 0 Å². The van der Waals surface area contributed by atoms with Crippen LogP contribution in [0.25, 0.3) is 0 Å². The lowest BCUT2D eigenvalue weighted by atomic mass is 9.74. The van der Waals surface area contributed by atoms with E-state index in [4.69, 9.17) is 0 Å². The van der Waals surface area contributed by atoms with Crippen molar-refractivity contribution in [1.82, 2.24) is 15.5 Å². The van der Waals surface area contributed by atoms with Gasteiger partial charge in [0.2, 0.25) is 0 Å². The number of hydrogen-bond acceptors (Lipinski definition) is 2. The Hall–Kier alpha value is -2.33. The molecule has 0 aromatic heterocycles. The number of urea groups is 1. The zero-order valence-corrected chi connectivity index (χ0v) is 19.0. The predicted octanol–water partition coefficient (Wildman–Crippen LogP) is 4.78. The highest BCUT2D eigenvalue weighted by Gasteiger charge is 2.53. The topological polar surface area (TPSA) is 44.4 Å². The largest absolute Gasteiger partial charge is 0.338 e. The maximum atomic E-state index is 12.4. The van der Waals surface area contributed by atoms with Gasteiger partial charge in [-0.05, 0) is 60.3 Å². The molecule has 0 unspecified atom stereocenters. The molecule has 4 aliphatic rings. The zero-order chi connectivity index (χ0) is 21.5. The summed E-state index contributed by atoms with van der Waals surface area (Å²) in [5.41, 5.74) is 6.32. The molecule has 1 aliphatic heterocycles. The number of carbonyl (C=O) groups is 1. The van der Waals surface area contributed by atoms with Gasteiger partial charge in [-0.25, -0.2) is 4.79 Å². The van der Waals surface area contributed by atoms with Crippen molar-refractivity contribution in [1.29, 1.82) is 0 Å². The molecule has 2 fully saturated rings. The molecule has 0 atom stereocenters. The van der Waals surface area contributed by atoms with E-state index in [1.165, 1.54) is 32.1 Å². The molecule has 2 N–H and O–H groups in total. The Bertz CT molecular complexity index is 940. The molecule has 1 saturated carbocycles. The lowest BCUT2D eigenvalue weighted by Gasteiger charge is -2.40. The van der Waals surface area contributed by atoms with Crippen molar-refractivity contribution in [3.63, 3.8) is 0 Å². The van der Waals surface area contributed by atoms with E-state index < -0.39 is 0 Å². The van der Waals surface area contributed by atoms with Crippen molar-refractivity contribution in [2.45, 2.75) is 62.3 Å². The Labute approximate surface area is 191 Å². The van der Waals surface area contributed by atoms with E-state index in [2.05, 4.69) is 64.1 Å². The van der Waals surface area contributed by atoms with Crippen molar-refractivity contribution in [3.05, 3.63) is 70.8 Å². The molecule has 3 aliphatic carbocycles. The monoisotopic (exact) mass is 429 g/mol. The summed E-state index contributed by atoms with van der Waals surface area (Å²) in [6.07, 6.45) is 8.49. The van der Waals surface area contributed by atoms with Gasteiger partial charge in [-0.1, -0.05) is 61.4 Å². The maximum Gasteiger partial charge on any atom is 0.315 e. The molecule has 6 rings (SSSR count). The molecule has 2 amide bonds. The first-order valence-corrected chi connectivity index (χ1v) is 12.7. The van der Waals surface area contributed by atoms with E-state index in [0.29, 0.717) is 17.9 Å². The van der Waals surface area contributed by atoms with Crippen LogP contribution in [0, 0.1) is 5.92 Å². The Morgan fingerprint density at radius 1 is 0.906 bits per heavy atom. The SMILES string of the molecule is O=C(NCC1CCCC1)NC1CCN(CC23CC(c4ccccc42)c2ccccc23)CC1. The van der Waals surface area contributed by atoms with Gasteiger partial charge in [-0.15, -0.1) is 0 Å². The summed E-state index contributed by atoms with van der Waals surface area (Å²) in [7, 11) is 0. The summed E-state index contributed by atoms with van der Waals surface area (Å²) in [4.78, 5) is 15.0. The van der Waals surface area contributed by atoms with Gasteiger partial charge >= 0.3 is 6.03 Å². The molecule has 1 heterocycles. The van der Waals surface area contributed by atoms with Crippen LogP contribution >= 0.6 is 0 Å². The summed E-state index contributed by atoms with van der Waals surface area (Å²) in [5, 5.41) is 6.36. The van der Waals surface area contributed by atoms with Crippen LogP contribution in [-0.4, -0.2) is 43.2 Å². The minimum Gasteiger partial charge on any atom is -0.338 e. The van der Waals surface area contributed by atoms with Crippen LogP contribution in [0.1, 0.15) is 73.1 Å². The number of nitrogens with zero attached hydrogens (tertiary/aromatic N) is 1. The number of hydrogen-bond donors (Lipinski definition) is 2. The highest BCUT2D eigenvalue weighted by molar-refractivity contribution is 5.74. The summed E-state index contributed by atoms with van der Waals surface area (Å²) < 4.78 is 0. The van der Waals surface area contributed by atoms with Crippen LogP contribution in [0.5, 0.6) is 0 Å². The second-order valence-corrected chi connectivity index (χ2v) is 10.6. The molecule has 2 bridgehead atoms. The van der Waals surface area contributed by atoms with Gasteiger partial charge in [0.05, 0.1) is 0 Å². The van der Waals surface area contributed by atoms with Gasteiger partial charge in [-0.2, -0.15) is 0 Å². The molecular formula is C28H35N3O. The fraction of sp³-hybridized carbons (Fsp3) is 0.536. The number of fused-ring (bicyclic) bond motifs is 8. The minimum atomic E-state index is 0.0335. The quantitative estimate of drug-likeness (QED) is 0.719. The first-order valence-electron chi connectivity index (χ1n) is 12.7. The van der Waals surface area contributed by atoms with E-state index in [-0.39, 0.29) is 11.4 Å². The Balaban J connectivity index is 1.09. The zero-order valence-electron chi connectivity index (χ0n) is 19.0. The standard InChI is InChI=1S/C28H35N3O/c32-27(29-18-20-7-1-2-8-20)30-21-13-15-31(16-14-21)19-28-17-24(22-9-3-5-11-25(22)28)23-10-4-6-12-26(23)28/h3-6,9-12,20-21,24H,1-2,7-8,13-19H2,(H2,29,30,32). The number of amides is 2. The maximum absolute atomic E-state index is 12.4. The third kappa shape index (κ3) is 3.44. The minimum absolute atomic E-state index is 0.0335. The van der Waals surface area contributed by atoms with Gasteiger partial charge < -0.3 is 15.5 Å². The second kappa shape index (κ2) is 8.22. The van der Waals surface area contributed by atoms with Crippen LogP contribution in [0.15, 0.2) is 48.5 Å². The molecular weight excluding hydrogens is 394 g/mol. The fourth-order valence-corrected chi connectivity index (χ4v) is 7.11. The molecule has 0 radical (unpaired) electrons. The van der Waals surface area contributed by atoms with Gasteiger partial charge in [0.25, 0.3) is 0 Å². The van der Waals surface area contributed by atoms with E-state index in [9.17, 15) is 4.79 Å². The highest BCUT2D eigenvalue weighted by Crippen LogP contribution is 2.60. The van der Waals surface area contributed by atoms with Crippen LogP contribution in [0.2, 0.25) is 0 Å². The van der Waals surface area contributed by atoms with Gasteiger partial charge in [0.1, 0.15) is 0 Å². The third-order valence-corrected chi connectivity index (χ3v) is 8.70. The Morgan fingerprint density at radius 2 is 1.53 bits per heavy atom. The number of piperidine rings is 1. The molecule has 0 spiro atoms. The first-order chi connectivity index (χ1) is 15.7. The first kappa shape index (κ1) is 20.3. The molecule has 168 valence electrons. The molecule has 2 aromatic rings. The van der Waals surface area contributed by atoms with Crippen molar-refractivity contribution in [3.8, 4) is 0 Å². The lowest BCUT2D eigenvalue weighted by Crippen LogP contribution is -2.50. The van der Waals surface area contributed by atoms with Crippen LogP contribution in [0.3, 0.4) is 0 Å².